The van der Waals surface area contributed by atoms with Crippen LogP contribution in [0, 0.1) is 6.92 Å². The Morgan fingerprint density at radius 3 is 2.82 bits per heavy atom. The number of piperidine rings is 1. The molecule has 7 heteroatoms. The van der Waals surface area contributed by atoms with E-state index in [0.717, 1.165) is 11.3 Å². The molecule has 0 saturated carbocycles. The van der Waals surface area contributed by atoms with Crippen LogP contribution in [0.15, 0.2) is 36.7 Å². The molecule has 2 atom stereocenters. The summed E-state index contributed by atoms with van der Waals surface area (Å²) in [6.45, 7) is 7.11. The van der Waals surface area contributed by atoms with Crippen LogP contribution in [0.25, 0.3) is 0 Å². The van der Waals surface area contributed by atoms with E-state index >= 15 is 0 Å². The van der Waals surface area contributed by atoms with E-state index in [1.54, 1.807) is 18.5 Å². The molecular weight excluding hydrogens is 358 g/mol. The second-order valence-corrected chi connectivity index (χ2v) is 7.53. The third kappa shape index (κ3) is 3.36. The number of hydrogen-bond donors (Lipinski definition) is 0. The van der Waals surface area contributed by atoms with Gasteiger partial charge in [0.05, 0.1) is 12.6 Å². The van der Waals surface area contributed by atoms with Crippen LogP contribution in [-0.4, -0.2) is 52.9 Å². The van der Waals surface area contributed by atoms with Gasteiger partial charge in [-0.3, -0.25) is 4.79 Å². The van der Waals surface area contributed by atoms with Crippen LogP contribution in [0.5, 0.6) is 5.75 Å². The van der Waals surface area contributed by atoms with E-state index < -0.39 is 5.60 Å². The van der Waals surface area contributed by atoms with E-state index in [0.29, 0.717) is 30.9 Å². The number of rotatable bonds is 4. The van der Waals surface area contributed by atoms with Crippen molar-refractivity contribution in [2.75, 3.05) is 19.9 Å². The molecule has 2 aliphatic rings. The van der Waals surface area contributed by atoms with Crippen LogP contribution in [0.2, 0.25) is 0 Å². The fourth-order valence-corrected chi connectivity index (χ4v) is 3.85. The van der Waals surface area contributed by atoms with Gasteiger partial charge in [0.2, 0.25) is 0 Å². The highest BCUT2D eigenvalue weighted by molar-refractivity contribution is 5.94. The number of benzene rings is 1. The van der Waals surface area contributed by atoms with Crippen LogP contribution >= 0.6 is 0 Å². The molecule has 0 aliphatic carbocycles. The molecule has 7 nitrogen and oxygen atoms in total. The number of hydrogen-bond acceptors (Lipinski definition) is 6. The summed E-state index contributed by atoms with van der Waals surface area (Å²) in [7, 11) is 0. The minimum atomic E-state index is -0.678. The lowest BCUT2D eigenvalue weighted by Gasteiger charge is -2.40. The number of carbonyl (C=O) groups is 1. The Bertz CT molecular complexity index is 858. The third-order valence-electron chi connectivity index (χ3n) is 5.26. The lowest BCUT2D eigenvalue weighted by Crippen LogP contribution is -2.54. The second-order valence-electron chi connectivity index (χ2n) is 7.53. The normalized spacial score (nSPS) is 24.3. The Labute approximate surface area is 164 Å². The largest absolute Gasteiger partial charge is 0.491 e. The topological polar surface area (TPSA) is 73.8 Å². The number of carbonyl (C=O) groups excluding carboxylic acids is 1. The summed E-state index contributed by atoms with van der Waals surface area (Å²) in [4.78, 5) is 23.6. The number of ether oxygens (including phenoxy) is 3. The molecule has 2 fully saturated rings. The predicted octanol–water partition coefficient (Wildman–Crippen LogP) is 2.69. The van der Waals surface area contributed by atoms with Gasteiger partial charge in [0, 0.05) is 30.9 Å². The van der Waals surface area contributed by atoms with Crippen molar-refractivity contribution in [1.29, 1.82) is 0 Å². The van der Waals surface area contributed by atoms with Gasteiger partial charge in [-0.05, 0) is 50.6 Å². The smallest absolute Gasteiger partial charge is 0.253 e. The lowest BCUT2D eigenvalue weighted by atomic mass is 9.87. The Morgan fingerprint density at radius 1 is 1.32 bits per heavy atom. The van der Waals surface area contributed by atoms with E-state index in [1.807, 2.05) is 43.9 Å². The maximum atomic E-state index is 13.1. The van der Waals surface area contributed by atoms with E-state index in [2.05, 4.69) is 9.97 Å². The number of amides is 1. The quantitative estimate of drug-likeness (QED) is 0.808. The van der Waals surface area contributed by atoms with Crippen molar-refractivity contribution in [3.63, 3.8) is 0 Å². The summed E-state index contributed by atoms with van der Waals surface area (Å²) in [5.41, 5.74) is 0.920. The maximum absolute atomic E-state index is 13.1. The molecule has 2 aromatic rings. The van der Waals surface area contributed by atoms with Gasteiger partial charge in [-0.1, -0.05) is 0 Å². The minimum Gasteiger partial charge on any atom is -0.491 e. The Hall–Kier alpha value is -2.51. The first-order valence-electron chi connectivity index (χ1n) is 9.59. The van der Waals surface area contributed by atoms with Gasteiger partial charge < -0.3 is 19.1 Å². The minimum absolute atomic E-state index is 0.0164. The molecule has 1 aromatic heterocycles. The summed E-state index contributed by atoms with van der Waals surface area (Å²) in [6.07, 6.45) is 3.82. The highest BCUT2D eigenvalue weighted by atomic mass is 16.7. The molecule has 0 spiro atoms. The first-order chi connectivity index (χ1) is 13.5. The average Bonchev–Trinajstić information content (AvgIpc) is 3.13. The zero-order chi connectivity index (χ0) is 19.7. The molecular formula is C21H25N3O4. The Morgan fingerprint density at radius 2 is 2.11 bits per heavy atom. The van der Waals surface area contributed by atoms with Gasteiger partial charge in [-0.2, -0.15) is 0 Å². The first-order valence-corrected chi connectivity index (χ1v) is 9.59. The van der Waals surface area contributed by atoms with Crippen LogP contribution in [0.4, 0.5) is 0 Å². The molecule has 0 radical (unpaired) electrons. The van der Waals surface area contributed by atoms with Gasteiger partial charge in [0.1, 0.15) is 18.6 Å². The molecule has 2 saturated heterocycles. The summed E-state index contributed by atoms with van der Waals surface area (Å²) in [6, 6.07) is 7.35. The second kappa shape index (κ2) is 7.48. The van der Waals surface area contributed by atoms with Gasteiger partial charge in [0.25, 0.3) is 5.91 Å². The molecule has 3 heterocycles. The van der Waals surface area contributed by atoms with Crippen LogP contribution in [-0.2, 0) is 15.1 Å². The van der Waals surface area contributed by atoms with Gasteiger partial charge in [-0.25, -0.2) is 9.97 Å². The van der Waals surface area contributed by atoms with Gasteiger partial charge in [-0.15, -0.1) is 0 Å². The summed E-state index contributed by atoms with van der Waals surface area (Å²) in [5.74, 6) is 1.41. The molecule has 1 amide bonds. The fraction of sp³-hybridized carbons (Fsp3) is 0.476. The lowest BCUT2D eigenvalue weighted by molar-refractivity contribution is -0.0503. The zero-order valence-electron chi connectivity index (χ0n) is 16.4. The summed E-state index contributed by atoms with van der Waals surface area (Å²) < 4.78 is 17.5. The number of nitrogens with zero attached hydrogens (tertiary/aromatic N) is 3. The van der Waals surface area contributed by atoms with E-state index in [1.165, 1.54) is 0 Å². The van der Waals surface area contributed by atoms with Crippen molar-refractivity contribution in [1.82, 2.24) is 14.9 Å². The van der Waals surface area contributed by atoms with Gasteiger partial charge >= 0.3 is 0 Å². The number of aryl methyl sites for hydroxylation is 1. The van der Waals surface area contributed by atoms with Crippen LogP contribution < -0.4 is 4.74 Å². The highest BCUT2D eigenvalue weighted by Crippen LogP contribution is 2.41. The molecule has 0 N–H and O–H groups in total. The van der Waals surface area contributed by atoms with E-state index in [4.69, 9.17) is 14.2 Å². The molecule has 2 aliphatic heterocycles. The molecule has 1 aromatic carbocycles. The number of aromatic nitrogens is 2. The molecule has 1 unspecified atom stereocenters. The maximum Gasteiger partial charge on any atom is 0.253 e. The zero-order valence-corrected chi connectivity index (χ0v) is 16.4. The molecule has 4 rings (SSSR count). The van der Waals surface area contributed by atoms with E-state index in [-0.39, 0.29) is 24.9 Å². The third-order valence-corrected chi connectivity index (χ3v) is 5.26. The average molecular weight is 383 g/mol. The van der Waals surface area contributed by atoms with Crippen molar-refractivity contribution in [2.45, 2.75) is 45.0 Å². The predicted molar refractivity (Wildman–Crippen MR) is 102 cm³/mol. The Kier molecular flexibility index (Phi) is 5.03. The molecule has 28 heavy (non-hydrogen) atoms. The molecule has 0 bridgehead atoms. The van der Waals surface area contributed by atoms with Gasteiger partial charge in [0.15, 0.2) is 11.4 Å². The summed E-state index contributed by atoms with van der Waals surface area (Å²) >= 11 is 0. The van der Waals surface area contributed by atoms with Crippen molar-refractivity contribution in [3.8, 4) is 5.75 Å². The standard InChI is InChI=1S/C21H25N3O4/c1-14(2)28-17-6-5-16(11-15(17)3)19(25)24-10-7-21(18(12-24)26-13-27-21)20-22-8-4-9-23-20/h4-6,8-9,11,14,18H,7,10,12-13H2,1-3H3/t18?,21-/m1/s1. The first kappa shape index (κ1) is 18.8. The van der Waals surface area contributed by atoms with Crippen molar-refractivity contribution in [2.24, 2.45) is 0 Å². The number of likely N-dealkylation sites (tertiary alicyclic amines) is 1. The van der Waals surface area contributed by atoms with Crippen molar-refractivity contribution < 1.29 is 19.0 Å². The van der Waals surface area contributed by atoms with Crippen LogP contribution in [0.3, 0.4) is 0 Å². The van der Waals surface area contributed by atoms with Crippen LogP contribution in [0.1, 0.15) is 42.0 Å². The summed E-state index contributed by atoms with van der Waals surface area (Å²) in [5, 5.41) is 0. The van der Waals surface area contributed by atoms with Crippen molar-refractivity contribution in [3.05, 3.63) is 53.6 Å². The highest BCUT2D eigenvalue weighted by Gasteiger charge is 2.53. The fourth-order valence-electron chi connectivity index (χ4n) is 3.85. The number of fused-ring (bicyclic) bond motifs is 1. The molecule has 148 valence electrons. The SMILES string of the molecule is Cc1cc(C(=O)N2CC[C@@]3(c4ncccn4)OCOC3C2)ccc1OC(C)C. The van der Waals surface area contributed by atoms with Crippen molar-refractivity contribution >= 4 is 5.91 Å². The monoisotopic (exact) mass is 383 g/mol. The Balaban J connectivity index is 1.51. The van der Waals surface area contributed by atoms with E-state index in [9.17, 15) is 4.79 Å².